The van der Waals surface area contributed by atoms with Gasteiger partial charge in [0.1, 0.15) is 0 Å². The number of hydrogen-bond acceptors (Lipinski definition) is 5. The second-order valence-electron chi connectivity index (χ2n) is 3.81. The van der Waals surface area contributed by atoms with E-state index in [1.165, 1.54) is 11.8 Å². The Kier molecular flexibility index (Phi) is 4.74. The molecule has 2 rings (SSSR count). The third-order valence-corrected chi connectivity index (χ3v) is 3.42. The minimum absolute atomic E-state index is 0.205. The molecule has 96 valence electrons. The quantitative estimate of drug-likeness (QED) is 0.810. The number of aliphatic hydroxyl groups is 2. The maximum absolute atomic E-state index is 9.21. The summed E-state index contributed by atoms with van der Waals surface area (Å²) in [5.41, 5.74) is 1.78. The van der Waals surface area contributed by atoms with Gasteiger partial charge in [-0.05, 0) is 12.1 Å². The highest BCUT2D eigenvalue weighted by molar-refractivity contribution is 7.98. The zero-order valence-electron chi connectivity index (χ0n) is 9.81. The maximum Gasteiger partial charge on any atom is 0.0930 e. The normalized spacial score (nSPS) is 12.6. The molecule has 0 aliphatic heterocycles. The SMILES string of the molecule is OCC(O)CSCc1cnn(-c2ccccc2)n1. The van der Waals surface area contributed by atoms with Crippen molar-refractivity contribution in [3.05, 3.63) is 42.2 Å². The summed E-state index contributed by atoms with van der Waals surface area (Å²) < 4.78 is 0. The van der Waals surface area contributed by atoms with Gasteiger partial charge in [0.05, 0.1) is 30.3 Å². The zero-order chi connectivity index (χ0) is 12.8. The third-order valence-electron chi connectivity index (χ3n) is 2.30. The Hall–Kier alpha value is -1.37. The van der Waals surface area contributed by atoms with E-state index in [0.29, 0.717) is 11.5 Å². The molecule has 0 spiro atoms. The highest BCUT2D eigenvalue weighted by atomic mass is 32.2. The van der Waals surface area contributed by atoms with Crippen LogP contribution in [0.4, 0.5) is 0 Å². The molecule has 2 aromatic rings. The van der Waals surface area contributed by atoms with Crippen LogP contribution in [0.3, 0.4) is 0 Å². The lowest BCUT2D eigenvalue weighted by Gasteiger charge is -2.04. The summed E-state index contributed by atoms with van der Waals surface area (Å²) in [5.74, 6) is 1.17. The Morgan fingerprint density at radius 2 is 2.06 bits per heavy atom. The lowest BCUT2D eigenvalue weighted by molar-refractivity contribution is 0.113. The van der Waals surface area contributed by atoms with Crippen LogP contribution in [0.15, 0.2) is 36.5 Å². The van der Waals surface area contributed by atoms with Gasteiger partial charge in [0, 0.05) is 11.5 Å². The van der Waals surface area contributed by atoms with Crippen LogP contribution in [0.1, 0.15) is 5.69 Å². The average Bonchev–Trinajstić information content (AvgIpc) is 2.88. The van der Waals surface area contributed by atoms with Crippen LogP contribution < -0.4 is 0 Å². The van der Waals surface area contributed by atoms with Crippen LogP contribution in [0.5, 0.6) is 0 Å². The second-order valence-corrected chi connectivity index (χ2v) is 4.84. The van der Waals surface area contributed by atoms with Gasteiger partial charge in [0.15, 0.2) is 0 Å². The number of thioether (sulfide) groups is 1. The lowest BCUT2D eigenvalue weighted by Crippen LogP contribution is -2.14. The van der Waals surface area contributed by atoms with Gasteiger partial charge in [0.25, 0.3) is 0 Å². The molecule has 0 amide bonds. The van der Waals surface area contributed by atoms with Crippen molar-refractivity contribution >= 4 is 11.8 Å². The van der Waals surface area contributed by atoms with Gasteiger partial charge in [-0.1, -0.05) is 18.2 Å². The van der Waals surface area contributed by atoms with E-state index in [4.69, 9.17) is 5.11 Å². The second kappa shape index (κ2) is 6.53. The van der Waals surface area contributed by atoms with E-state index < -0.39 is 6.10 Å². The number of aliphatic hydroxyl groups excluding tert-OH is 2. The summed E-state index contributed by atoms with van der Waals surface area (Å²) in [6, 6.07) is 9.69. The molecule has 0 aliphatic rings. The third kappa shape index (κ3) is 3.56. The van der Waals surface area contributed by atoms with E-state index in [1.54, 1.807) is 11.0 Å². The van der Waals surface area contributed by atoms with Crippen molar-refractivity contribution in [2.75, 3.05) is 12.4 Å². The molecule has 0 radical (unpaired) electrons. The fraction of sp³-hybridized carbons (Fsp3) is 0.333. The smallest absolute Gasteiger partial charge is 0.0930 e. The summed E-state index contributed by atoms with van der Waals surface area (Å²) >= 11 is 1.52. The number of hydrogen-bond donors (Lipinski definition) is 2. The summed E-state index contributed by atoms with van der Waals surface area (Å²) in [7, 11) is 0. The van der Waals surface area contributed by atoms with Crippen molar-refractivity contribution in [3.8, 4) is 5.69 Å². The van der Waals surface area contributed by atoms with E-state index in [9.17, 15) is 5.11 Å². The Labute approximate surface area is 109 Å². The van der Waals surface area contributed by atoms with Crippen molar-refractivity contribution in [1.82, 2.24) is 15.0 Å². The molecule has 1 heterocycles. The number of nitrogens with zero attached hydrogens (tertiary/aromatic N) is 3. The van der Waals surface area contributed by atoms with Crippen LogP contribution >= 0.6 is 11.8 Å². The minimum atomic E-state index is -0.667. The van der Waals surface area contributed by atoms with Crippen LogP contribution in [0.2, 0.25) is 0 Å². The van der Waals surface area contributed by atoms with Crippen LogP contribution in [-0.4, -0.2) is 43.7 Å². The Bertz CT molecular complexity index is 475. The van der Waals surface area contributed by atoms with Gasteiger partial charge in [-0.25, -0.2) is 0 Å². The fourth-order valence-corrected chi connectivity index (χ4v) is 2.24. The van der Waals surface area contributed by atoms with E-state index in [1.807, 2.05) is 30.3 Å². The topological polar surface area (TPSA) is 71.2 Å². The molecule has 0 bridgehead atoms. The molecule has 0 saturated heterocycles. The first-order valence-electron chi connectivity index (χ1n) is 5.63. The van der Waals surface area contributed by atoms with Crippen molar-refractivity contribution in [2.24, 2.45) is 0 Å². The summed E-state index contributed by atoms with van der Waals surface area (Å²) in [6.07, 6.45) is 1.05. The summed E-state index contributed by atoms with van der Waals surface area (Å²) in [4.78, 5) is 1.58. The molecule has 6 heteroatoms. The molecule has 1 unspecified atom stereocenters. The number of para-hydroxylation sites is 1. The largest absolute Gasteiger partial charge is 0.394 e. The van der Waals surface area contributed by atoms with E-state index in [2.05, 4.69) is 10.2 Å². The summed E-state index contributed by atoms with van der Waals surface area (Å²) in [5, 5.41) is 26.4. The van der Waals surface area contributed by atoms with Gasteiger partial charge in [0.2, 0.25) is 0 Å². The first-order valence-corrected chi connectivity index (χ1v) is 6.78. The van der Waals surface area contributed by atoms with Gasteiger partial charge >= 0.3 is 0 Å². The van der Waals surface area contributed by atoms with Crippen LogP contribution in [-0.2, 0) is 5.75 Å². The molecule has 0 fully saturated rings. The molecular weight excluding hydrogens is 250 g/mol. The van der Waals surface area contributed by atoms with Crippen molar-refractivity contribution in [3.63, 3.8) is 0 Å². The van der Waals surface area contributed by atoms with Crippen molar-refractivity contribution in [1.29, 1.82) is 0 Å². The monoisotopic (exact) mass is 265 g/mol. The predicted octanol–water partition coefficient (Wildman–Crippen LogP) is 0.854. The van der Waals surface area contributed by atoms with E-state index >= 15 is 0 Å². The highest BCUT2D eigenvalue weighted by Gasteiger charge is 2.05. The average molecular weight is 265 g/mol. The van der Waals surface area contributed by atoms with Gasteiger partial charge in [-0.15, -0.1) is 0 Å². The maximum atomic E-state index is 9.21. The zero-order valence-corrected chi connectivity index (χ0v) is 10.6. The molecule has 0 saturated carbocycles. The molecule has 1 atom stereocenters. The van der Waals surface area contributed by atoms with Gasteiger partial charge < -0.3 is 10.2 Å². The summed E-state index contributed by atoms with van der Waals surface area (Å²) in [6.45, 7) is -0.205. The Morgan fingerprint density at radius 1 is 1.28 bits per heavy atom. The number of benzene rings is 1. The van der Waals surface area contributed by atoms with Crippen molar-refractivity contribution in [2.45, 2.75) is 11.9 Å². The minimum Gasteiger partial charge on any atom is -0.394 e. The Morgan fingerprint density at radius 3 is 2.78 bits per heavy atom. The molecule has 0 aliphatic carbocycles. The molecule has 2 N–H and O–H groups in total. The van der Waals surface area contributed by atoms with E-state index in [0.717, 1.165) is 11.4 Å². The van der Waals surface area contributed by atoms with E-state index in [-0.39, 0.29) is 6.61 Å². The number of rotatable bonds is 6. The highest BCUT2D eigenvalue weighted by Crippen LogP contribution is 2.12. The molecule has 1 aromatic carbocycles. The fourth-order valence-electron chi connectivity index (χ4n) is 1.40. The Balaban J connectivity index is 1.91. The lowest BCUT2D eigenvalue weighted by atomic mass is 10.3. The first kappa shape index (κ1) is 13.1. The van der Waals surface area contributed by atoms with Crippen molar-refractivity contribution < 1.29 is 10.2 Å². The predicted molar refractivity (Wildman–Crippen MR) is 70.6 cm³/mol. The first-order chi connectivity index (χ1) is 8.79. The van der Waals surface area contributed by atoms with Crippen LogP contribution in [0, 0.1) is 0 Å². The van der Waals surface area contributed by atoms with Gasteiger partial charge in [-0.2, -0.15) is 26.8 Å². The molecule has 18 heavy (non-hydrogen) atoms. The standard InChI is InChI=1S/C12H15N3O2S/c16-7-12(17)9-18-8-10-6-13-15(14-10)11-4-2-1-3-5-11/h1-6,12,16-17H,7-9H2. The molecular formula is C12H15N3O2S. The van der Waals surface area contributed by atoms with Gasteiger partial charge in [-0.3, -0.25) is 0 Å². The molecule has 1 aromatic heterocycles. The molecule has 5 nitrogen and oxygen atoms in total. The number of aromatic nitrogens is 3. The van der Waals surface area contributed by atoms with Crippen LogP contribution in [0.25, 0.3) is 5.69 Å².